The Bertz CT molecular complexity index is 2010. The number of rotatable bonds is 11. The Morgan fingerprint density at radius 1 is 1.14 bits per heavy atom. The molecule has 2 saturated heterocycles. The number of aromatic nitrogens is 2. The Morgan fingerprint density at radius 3 is 2.82 bits per heavy atom. The number of hydrogen-bond acceptors (Lipinski definition) is 10. The zero-order chi connectivity index (χ0) is 34.8. The molecule has 4 aromatic rings. The lowest BCUT2D eigenvalue weighted by Crippen LogP contribution is -2.52. The van der Waals surface area contributed by atoms with E-state index in [0.717, 1.165) is 10.5 Å². The van der Waals surface area contributed by atoms with Crippen LogP contribution in [-0.4, -0.2) is 69.6 Å². The summed E-state index contributed by atoms with van der Waals surface area (Å²) in [6.45, 7) is 1.31. The number of ether oxygens (including phenoxy) is 2. The van der Waals surface area contributed by atoms with Gasteiger partial charge in [-0.1, -0.05) is 17.7 Å². The molecule has 50 heavy (non-hydrogen) atoms. The van der Waals surface area contributed by atoms with E-state index in [9.17, 15) is 23.6 Å². The van der Waals surface area contributed by atoms with E-state index in [1.165, 1.54) is 23.4 Å². The molecule has 3 aliphatic heterocycles. The second kappa shape index (κ2) is 14.6. The average molecular weight is 719 g/mol. The molecule has 1 unspecified atom stereocenters. The van der Waals surface area contributed by atoms with Gasteiger partial charge in [0.05, 0.1) is 29.4 Å². The lowest BCUT2D eigenvalue weighted by atomic mass is 10.0. The maximum absolute atomic E-state index is 13.8. The number of piperidine rings is 1. The number of imide groups is 1. The molecule has 4 amide bonds. The summed E-state index contributed by atoms with van der Waals surface area (Å²) in [5, 5.41) is 9.05. The molecule has 0 spiro atoms. The zero-order valence-electron chi connectivity index (χ0n) is 26.7. The highest BCUT2D eigenvalue weighted by Crippen LogP contribution is 2.37. The molecule has 0 radical (unpaired) electrons. The third-order valence-electron chi connectivity index (χ3n) is 8.72. The van der Waals surface area contributed by atoms with Gasteiger partial charge in [-0.15, -0.1) is 11.8 Å². The number of anilines is 3. The minimum absolute atomic E-state index is 0.0340. The standard InChI is InChI=1S/C35H32ClFN6O6S/c36-24-13-19(6-7-25(24)37)40-33-22-14-27(29(15-26(22)38-18-39-33)49-20-10-11-48-17-20)41-31(44)5-2-12-50-30-4-1-3-21-23(30)16-43(35(21)47)28-8-9-32(45)42-34(28)46/h1,3-4,6-7,13-15,18,20,28H,2,5,8-12,16-17H2,(H,41,44)(H,38,39,40)(H,42,45,46)/t20-,28?/m0/s1. The van der Waals surface area contributed by atoms with E-state index in [-0.39, 0.29) is 48.2 Å². The Kier molecular flexibility index (Phi) is 9.83. The van der Waals surface area contributed by atoms with Crippen molar-refractivity contribution in [2.75, 3.05) is 29.6 Å². The van der Waals surface area contributed by atoms with E-state index in [4.69, 9.17) is 21.1 Å². The monoisotopic (exact) mass is 718 g/mol. The van der Waals surface area contributed by atoms with E-state index >= 15 is 0 Å². The summed E-state index contributed by atoms with van der Waals surface area (Å²) < 4.78 is 25.5. The maximum atomic E-state index is 13.8. The number of nitrogens with zero attached hydrogens (tertiary/aromatic N) is 3. The van der Waals surface area contributed by atoms with Gasteiger partial charge in [0, 0.05) is 53.4 Å². The van der Waals surface area contributed by atoms with E-state index in [0.29, 0.717) is 77.6 Å². The first-order valence-electron chi connectivity index (χ1n) is 16.2. The number of halogens is 2. The zero-order valence-corrected chi connectivity index (χ0v) is 28.2. The minimum atomic E-state index is -0.681. The molecule has 2 fully saturated rings. The van der Waals surface area contributed by atoms with Crippen LogP contribution < -0.4 is 20.7 Å². The quantitative estimate of drug-likeness (QED) is 0.101. The molecule has 12 nitrogen and oxygen atoms in total. The van der Waals surface area contributed by atoms with Gasteiger partial charge in [0.2, 0.25) is 17.7 Å². The van der Waals surface area contributed by atoms with Crippen LogP contribution in [0, 0.1) is 5.82 Å². The normalized spacial score (nSPS) is 18.7. The van der Waals surface area contributed by atoms with Crippen LogP contribution >= 0.6 is 23.4 Å². The van der Waals surface area contributed by atoms with E-state index in [1.807, 2.05) is 12.1 Å². The van der Waals surface area contributed by atoms with Crippen molar-refractivity contribution in [2.45, 2.75) is 55.7 Å². The Labute approximate surface area is 295 Å². The highest BCUT2D eigenvalue weighted by molar-refractivity contribution is 7.99. The molecule has 3 aliphatic rings. The fourth-order valence-electron chi connectivity index (χ4n) is 6.19. The van der Waals surface area contributed by atoms with Crippen molar-refractivity contribution in [2.24, 2.45) is 0 Å². The number of hydrogen-bond donors (Lipinski definition) is 3. The van der Waals surface area contributed by atoms with E-state index in [1.54, 1.807) is 36.0 Å². The largest absolute Gasteiger partial charge is 0.486 e. The summed E-state index contributed by atoms with van der Waals surface area (Å²) in [7, 11) is 0. The van der Waals surface area contributed by atoms with Crippen LogP contribution in [0.5, 0.6) is 5.75 Å². The van der Waals surface area contributed by atoms with Crippen LogP contribution in [0.2, 0.25) is 5.02 Å². The molecule has 0 bridgehead atoms. The third kappa shape index (κ3) is 7.23. The number of carbonyl (C=O) groups excluding carboxylic acids is 4. The van der Waals surface area contributed by atoms with Gasteiger partial charge in [0.1, 0.15) is 35.9 Å². The first-order chi connectivity index (χ1) is 24.2. The summed E-state index contributed by atoms with van der Waals surface area (Å²) >= 11 is 7.53. The first-order valence-corrected chi connectivity index (χ1v) is 17.5. The molecular formula is C35H32ClFN6O6S. The summed E-state index contributed by atoms with van der Waals surface area (Å²) in [5.74, 6) is -0.251. The van der Waals surface area contributed by atoms with Crippen molar-refractivity contribution in [1.82, 2.24) is 20.2 Å². The fraction of sp³-hybridized carbons (Fsp3) is 0.314. The van der Waals surface area contributed by atoms with Crippen LogP contribution in [-0.2, 0) is 25.7 Å². The first kappa shape index (κ1) is 33.7. The number of amides is 4. The van der Waals surface area contributed by atoms with Gasteiger partial charge >= 0.3 is 0 Å². The van der Waals surface area contributed by atoms with Crippen LogP contribution in [0.1, 0.15) is 48.0 Å². The van der Waals surface area contributed by atoms with Crippen LogP contribution in [0.3, 0.4) is 0 Å². The average Bonchev–Trinajstić information content (AvgIpc) is 3.73. The molecule has 3 aromatic carbocycles. The highest BCUT2D eigenvalue weighted by atomic mass is 35.5. The number of nitrogens with one attached hydrogen (secondary N) is 3. The third-order valence-corrected chi connectivity index (χ3v) is 10.2. The van der Waals surface area contributed by atoms with Crippen LogP contribution in [0.4, 0.5) is 21.6 Å². The van der Waals surface area contributed by atoms with Crippen LogP contribution in [0.15, 0.2) is 59.8 Å². The van der Waals surface area contributed by atoms with Crippen LogP contribution in [0.25, 0.3) is 10.9 Å². The van der Waals surface area contributed by atoms with Gasteiger partial charge < -0.3 is 25.0 Å². The number of thioether (sulfide) groups is 1. The van der Waals surface area contributed by atoms with E-state index in [2.05, 4.69) is 25.9 Å². The SMILES string of the molecule is O=C1CCC(N2Cc3c(SCCCC(=O)Nc4cc5c(Nc6ccc(F)c(Cl)c6)ncnc5cc4O[C@H]4CCOC4)cccc3C2=O)C(=O)N1. The number of fused-ring (bicyclic) bond motifs is 2. The fourth-order valence-corrected chi connectivity index (χ4v) is 7.41. The predicted octanol–water partition coefficient (Wildman–Crippen LogP) is 5.61. The Hall–Kier alpha value is -4.79. The molecule has 3 N–H and O–H groups in total. The second-order valence-corrected chi connectivity index (χ2v) is 13.7. The molecule has 0 saturated carbocycles. The Morgan fingerprint density at radius 2 is 2.02 bits per heavy atom. The summed E-state index contributed by atoms with van der Waals surface area (Å²) in [5.41, 5.74) is 2.95. The molecule has 4 heterocycles. The van der Waals surface area contributed by atoms with Crippen molar-refractivity contribution in [3.05, 3.63) is 76.8 Å². The van der Waals surface area contributed by atoms with Crippen molar-refractivity contribution in [1.29, 1.82) is 0 Å². The summed E-state index contributed by atoms with van der Waals surface area (Å²) in [4.78, 5) is 61.8. The van der Waals surface area contributed by atoms with Gasteiger partial charge in [-0.3, -0.25) is 24.5 Å². The molecule has 15 heteroatoms. The number of carbonyl (C=O) groups is 4. The maximum Gasteiger partial charge on any atom is 0.255 e. The van der Waals surface area contributed by atoms with E-state index < -0.39 is 17.8 Å². The van der Waals surface area contributed by atoms with Crippen molar-refractivity contribution in [3.8, 4) is 5.75 Å². The van der Waals surface area contributed by atoms with Gasteiger partial charge in [-0.2, -0.15) is 0 Å². The van der Waals surface area contributed by atoms with Gasteiger partial charge in [-0.25, -0.2) is 14.4 Å². The molecule has 7 rings (SSSR count). The minimum Gasteiger partial charge on any atom is -0.486 e. The number of benzene rings is 3. The summed E-state index contributed by atoms with van der Waals surface area (Å²) in [6.07, 6.45) is 3.20. The topological polar surface area (TPSA) is 152 Å². The molecule has 1 aromatic heterocycles. The van der Waals surface area contributed by atoms with Gasteiger partial charge in [0.25, 0.3) is 5.91 Å². The second-order valence-electron chi connectivity index (χ2n) is 12.1. The predicted molar refractivity (Wildman–Crippen MR) is 185 cm³/mol. The highest BCUT2D eigenvalue weighted by Gasteiger charge is 2.39. The van der Waals surface area contributed by atoms with Crippen molar-refractivity contribution >= 4 is 75.1 Å². The Balaban J connectivity index is 1.02. The molecule has 258 valence electrons. The lowest BCUT2D eigenvalue weighted by Gasteiger charge is -2.29. The summed E-state index contributed by atoms with van der Waals surface area (Å²) in [6, 6.07) is 12.6. The van der Waals surface area contributed by atoms with Gasteiger partial charge in [0.15, 0.2) is 0 Å². The molecular weight excluding hydrogens is 687 g/mol. The van der Waals surface area contributed by atoms with Crippen molar-refractivity contribution in [3.63, 3.8) is 0 Å². The van der Waals surface area contributed by atoms with Gasteiger partial charge in [-0.05, 0) is 60.6 Å². The molecule has 2 atom stereocenters. The smallest absolute Gasteiger partial charge is 0.255 e. The molecule has 0 aliphatic carbocycles. The van der Waals surface area contributed by atoms with Crippen molar-refractivity contribution < 1.29 is 33.0 Å². The lowest BCUT2D eigenvalue weighted by molar-refractivity contribution is -0.137.